The Kier molecular flexibility index (Phi) is 8.74. The lowest BCUT2D eigenvalue weighted by Gasteiger charge is -2.20. The topological polar surface area (TPSA) is 133 Å². The molecule has 0 saturated carbocycles. The third kappa shape index (κ3) is 6.85. The monoisotopic (exact) mass is 601 g/mol. The Balaban J connectivity index is 2.73. The number of esters is 1. The molecular weight excluding hydrogens is 579 g/mol. The number of fused-ring (bicyclic) bond motifs is 1. The third-order valence-corrected chi connectivity index (χ3v) is 8.89. The zero-order valence-electron chi connectivity index (χ0n) is 18.6. The SMILES string of the molecule is CCOP(=O)(O)C(F)(F)c1sc2c(C#CCCS(N)(=O)=O)cc(C(=O)OC(C)(C)C)cc2c1Br. The summed E-state index contributed by atoms with van der Waals surface area (Å²) < 4.78 is 74.2. The molecule has 0 aliphatic rings. The zero-order valence-corrected chi connectivity index (χ0v) is 22.8. The van der Waals surface area contributed by atoms with Crippen molar-refractivity contribution in [2.24, 2.45) is 5.14 Å². The van der Waals surface area contributed by atoms with Gasteiger partial charge in [0, 0.05) is 21.8 Å². The lowest BCUT2D eigenvalue weighted by Crippen LogP contribution is -2.23. The Morgan fingerprint density at radius 1 is 1.32 bits per heavy atom. The van der Waals surface area contributed by atoms with Crippen molar-refractivity contribution in [1.82, 2.24) is 0 Å². The molecule has 2 rings (SSSR count). The molecular formula is C20H23BrF2NO7PS2. The van der Waals surface area contributed by atoms with Crippen LogP contribution in [0.25, 0.3) is 10.1 Å². The number of primary sulfonamides is 1. The highest BCUT2D eigenvalue weighted by Crippen LogP contribution is 2.66. The number of sulfonamides is 1. The van der Waals surface area contributed by atoms with Crippen molar-refractivity contribution in [1.29, 1.82) is 0 Å². The average molecular weight is 602 g/mol. The molecule has 0 bridgehead atoms. The summed E-state index contributed by atoms with van der Waals surface area (Å²) in [6.45, 7) is 5.87. The first-order chi connectivity index (χ1) is 15.4. The summed E-state index contributed by atoms with van der Waals surface area (Å²) >= 11 is 3.57. The maximum absolute atomic E-state index is 15.0. The van der Waals surface area contributed by atoms with E-state index in [1.54, 1.807) is 20.8 Å². The van der Waals surface area contributed by atoms with Gasteiger partial charge in [0.05, 0.1) is 22.6 Å². The summed E-state index contributed by atoms with van der Waals surface area (Å²) in [5.41, 5.74) is -4.96. The fourth-order valence-electron chi connectivity index (χ4n) is 2.65. The van der Waals surface area contributed by atoms with Crippen LogP contribution in [0.3, 0.4) is 0 Å². The van der Waals surface area contributed by atoms with Crippen LogP contribution in [0.2, 0.25) is 0 Å². The molecule has 8 nitrogen and oxygen atoms in total. The lowest BCUT2D eigenvalue weighted by atomic mass is 10.1. The van der Waals surface area contributed by atoms with Gasteiger partial charge in [-0.2, -0.15) is 8.78 Å². The molecule has 3 N–H and O–H groups in total. The van der Waals surface area contributed by atoms with E-state index in [0.29, 0.717) is 11.3 Å². The second-order valence-electron chi connectivity index (χ2n) is 8.05. The molecule has 34 heavy (non-hydrogen) atoms. The van der Waals surface area contributed by atoms with Gasteiger partial charge in [0.25, 0.3) is 0 Å². The van der Waals surface area contributed by atoms with Crippen molar-refractivity contribution in [2.45, 2.75) is 45.4 Å². The Labute approximate surface area is 208 Å². The fraction of sp³-hybridized carbons (Fsp3) is 0.450. The first-order valence-corrected chi connectivity index (χ1v) is 14.6. The van der Waals surface area contributed by atoms with Crippen LogP contribution in [-0.2, 0) is 29.5 Å². The number of carbonyl (C=O) groups is 1. The minimum atomic E-state index is -5.38. The van der Waals surface area contributed by atoms with E-state index >= 15 is 8.78 Å². The molecule has 188 valence electrons. The van der Waals surface area contributed by atoms with Gasteiger partial charge in [-0.15, -0.1) is 11.3 Å². The molecule has 1 heterocycles. The number of carbonyl (C=O) groups excluding carboxylic acids is 1. The third-order valence-electron chi connectivity index (χ3n) is 4.03. The first-order valence-electron chi connectivity index (χ1n) is 9.74. The maximum Gasteiger partial charge on any atom is 0.402 e. The highest BCUT2D eigenvalue weighted by molar-refractivity contribution is 9.10. The first kappa shape index (κ1) is 28.8. The average Bonchev–Trinajstić information content (AvgIpc) is 3.00. The predicted molar refractivity (Wildman–Crippen MR) is 130 cm³/mol. The van der Waals surface area contributed by atoms with Crippen molar-refractivity contribution in [2.75, 3.05) is 12.4 Å². The molecule has 1 aromatic heterocycles. The standard InChI is InChI=1S/C20H23BrF2NO7PS2/c1-5-30-32(26,27)20(22,23)17-15(21)14-11-13(18(25)31-19(2,3)4)10-12(16(14)33-17)8-6-7-9-34(24,28)29/h10-11H,5,7,9H2,1-4H3,(H,26,27)(H2,24,28,29). The highest BCUT2D eigenvalue weighted by Gasteiger charge is 2.55. The van der Waals surface area contributed by atoms with Gasteiger partial charge in [0.2, 0.25) is 10.0 Å². The highest BCUT2D eigenvalue weighted by atomic mass is 79.9. The summed E-state index contributed by atoms with van der Waals surface area (Å²) in [5.74, 6) is 4.11. The van der Waals surface area contributed by atoms with Crippen LogP contribution in [0.4, 0.5) is 8.78 Å². The fourth-order valence-corrected chi connectivity index (χ4v) is 6.50. The molecule has 0 aliphatic heterocycles. The Morgan fingerprint density at radius 2 is 1.94 bits per heavy atom. The molecule has 1 unspecified atom stereocenters. The number of ether oxygens (including phenoxy) is 1. The van der Waals surface area contributed by atoms with Crippen LogP contribution in [0.5, 0.6) is 0 Å². The molecule has 1 atom stereocenters. The Bertz CT molecular complexity index is 1320. The molecule has 0 saturated heterocycles. The Hall–Kier alpha value is -1.39. The Morgan fingerprint density at radius 3 is 2.47 bits per heavy atom. The van der Waals surface area contributed by atoms with Crippen LogP contribution in [0.1, 0.15) is 54.9 Å². The van der Waals surface area contributed by atoms with Gasteiger partial charge in [-0.3, -0.25) is 4.57 Å². The zero-order chi connectivity index (χ0) is 26.1. The van der Waals surface area contributed by atoms with Gasteiger partial charge in [0.15, 0.2) is 0 Å². The summed E-state index contributed by atoms with van der Waals surface area (Å²) in [7, 11) is -9.14. The number of rotatable bonds is 7. The largest absolute Gasteiger partial charge is 0.456 e. The van der Waals surface area contributed by atoms with Gasteiger partial charge in [-0.25, -0.2) is 18.4 Å². The number of benzene rings is 1. The summed E-state index contributed by atoms with van der Waals surface area (Å²) in [6.07, 6.45) is -0.136. The second kappa shape index (κ2) is 10.3. The minimum Gasteiger partial charge on any atom is -0.456 e. The minimum absolute atomic E-state index is 0.00327. The molecule has 0 amide bonds. The van der Waals surface area contributed by atoms with Crippen LogP contribution < -0.4 is 5.14 Å². The number of alkyl halides is 2. The van der Waals surface area contributed by atoms with E-state index in [2.05, 4.69) is 32.3 Å². The van der Waals surface area contributed by atoms with Crippen LogP contribution in [0.15, 0.2) is 16.6 Å². The van der Waals surface area contributed by atoms with Gasteiger partial charge < -0.3 is 14.2 Å². The van der Waals surface area contributed by atoms with Crippen molar-refractivity contribution < 1.29 is 40.7 Å². The molecule has 2 aromatic rings. The van der Waals surface area contributed by atoms with E-state index in [4.69, 9.17) is 9.88 Å². The van der Waals surface area contributed by atoms with Crippen LogP contribution in [0, 0.1) is 11.8 Å². The van der Waals surface area contributed by atoms with E-state index in [-0.39, 0.29) is 32.1 Å². The van der Waals surface area contributed by atoms with E-state index < -0.39 is 52.1 Å². The number of nitrogens with two attached hydrogens (primary N) is 1. The maximum atomic E-state index is 15.0. The molecule has 0 fully saturated rings. The van der Waals surface area contributed by atoms with Crippen LogP contribution >= 0.6 is 34.9 Å². The van der Waals surface area contributed by atoms with Crippen LogP contribution in [-0.4, -0.2) is 37.2 Å². The number of halogens is 3. The second-order valence-corrected chi connectivity index (χ2v) is 13.5. The smallest absolute Gasteiger partial charge is 0.402 e. The number of hydrogen-bond donors (Lipinski definition) is 2. The predicted octanol–water partition coefficient (Wildman–Crippen LogP) is 4.92. The van der Waals surface area contributed by atoms with Gasteiger partial charge in [0.1, 0.15) is 10.5 Å². The number of hydrogen-bond acceptors (Lipinski definition) is 7. The van der Waals surface area contributed by atoms with Crippen molar-refractivity contribution in [3.05, 3.63) is 32.6 Å². The lowest BCUT2D eigenvalue weighted by molar-refractivity contribution is 0.00695. The van der Waals surface area contributed by atoms with Gasteiger partial charge in [-0.1, -0.05) is 11.8 Å². The van der Waals surface area contributed by atoms with E-state index in [1.807, 2.05) is 0 Å². The molecule has 14 heteroatoms. The molecule has 0 radical (unpaired) electrons. The molecule has 0 aliphatic carbocycles. The van der Waals surface area contributed by atoms with Gasteiger partial charge in [-0.05, 0) is 55.8 Å². The van der Waals surface area contributed by atoms with E-state index in [1.165, 1.54) is 19.1 Å². The van der Waals surface area contributed by atoms with E-state index in [9.17, 15) is 22.7 Å². The summed E-state index contributed by atoms with van der Waals surface area (Å²) in [4.78, 5) is 21.7. The van der Waals surface area contributed by atoms with E-state index in [0.717, 1.165) is 0 Å². The summed E-state index contributed by atoms with van der Waals surface area (Å²) in [6, 6.07) is 2.63. The van der Waals surface area contributed by atoms with Crippen molar-refractivity contribution in [3.8, 4) is 11.8 Å². The van der Waals surface area contributed by atoms with Crippen molar-refractivity contribution in [3.63, 3.8) is 0 Å². The number of thiophene rings is 1. The van der Waals surface area contributed by atoms with Crippen molar-refractivity contribution >= 4 is 60.9 Å². The molecule has 1 aromatic carbocycles. The normalized spacial score (nSPS) is 14.4. The molecule has 0 spiro atoms. The van der Waals surface area contributed by atoms with Gasteiger partial charge >= 0.3 is 19.2 Å². The quantitative estimate of drug-likeness (QED) is 0.261. The summed E-state index contributed by atoms with van der Waals surface area (Å²) in [5, 5.41) is 5.09.